The molecule has 0 amide bonds. The average molecular weight is 427 g/mol. The minimum Gasteiger partial charge on any atom is -0.318 e. The second-order valence-corrected chi connectivity index (χ2v) is 9.54. The lowest BCUT2D eigenvalue weighted by atomic mass is 9.76. The molecule has 32 heavy (non-hydrogen) atoms. The number of carbonyl (C=O) groups is 1. The van der Waals surface area contributed by atoms with Crippen LogP contribution in [0, 0.1) is 26.2 Å². The molecule has 0 N–H and O–H groups in total. The summed E-state index contributed by atoms with van der Waals surface area (Å²) in [5, 5.41) is 4.32. The molecule has 0 saturated heterocycles. The van der Waals surface area contributed by atoms with Crippen molar-refractivity contribution in [3.8, 4) is 5.69 Å². The zero-order valence-corrected chi connectivity index (χ0v) is 19.5. The zero-order chi connectivity index (χ0) is 22.9. The van der Waals surface area contributed by atoms with Gasteiger partial charge in [0.1, 0.15) is 0 Å². The topological polar surface area (TPSA) is 43.6 Å². The number of aromatic nitrogens is 1. The van der Waals surface area contributed by atoms with Crippen molar-refractivity contribution in [2.45, 2.75) is 47.5 Å². The van der Waals surface area contributed by atoms with Gasteiger partial charge in [-0.25, -0.2) is 4.79 Å². The second kappa shape index (κ2) is 8.62. The van der Waals surface area contributed by atoms with Crippen molar-refractivity contribution < 1.29 is 9.63 Å². The molecule has 0 spiro atoms. The largest absolute Gasteiger partial charge is 0.358 e. The van der Waals surface area contributed by atoms with Crippen LogP contribution in [0.2, 0.25) is 0 Å². The maximum atomic E-state index is 12.3. The predicted molar refractivity (Wildman–Crippen MR) is 130 cm³/mol. The van der Waals surface area contributed by atoms with Crippen LogP contribution in [0.3, 0.4) is 0 Å². The van der Waals surface area contributed by atoms with Crippen molar-refractivity contribution in [2.24, 2.45) is 10.6 Å². The fourth-order valence-corrected chi connectivity index (χ4v) is 4.56. The van der Waals surface area contributed by atoms with E-state index in [-0.39, 0.29) is 5.41 Å². The van der Waals surface area contributed by atoms with E-state index in [1.54, 1.807) is 6.08 Å². The van der Waals surface area contributed by atoms with Crippen LogP contribution in [-0.2, 0) is 16.1 Å². The second-order valence-electron chi connectivity index (χ2n) is 9.54. The Morgan fingerprint density at radius 1 is 1.00 bits per heavy atom. The summed E-state index contributed by atoms with van der Waals surface area (Å²) in [6, 6.07) is 18.5. The fraction of sp³-hybridized carbons (Fsp3) is 0.286. The van der Waals surface area contributed by atoms with Crippen LogP contribution in [-0.4, -0.2) is 16.2 Å². The smallest absolute Gasteiger partial charge is 0.318 e. The lowest BCUT2D eigenvalue weighted by Crippen LogP contribution is -2.28. The first-order chi connectivity index (χ1) is 15.2. The van der Waals surface area contributed by atoms with Gasteiger partial charge >= 0.3 is 5.97 Å². The van der Waals surface area contributed by atoms with Gasteiger partial charge in [0.25, 0.3) is 0 Å². The third-order valence-electron chi connectivity index (χ3n) is 5.81. The number of rotatable bonds is 4. The Morgan fingerprint density at radius 3 is 2.38 bits per heavy atom. The van der Waals surface area contributed by atoms with E-state index < -0.39 is 5.97 Å². The maximum Gasteiger partial charge on any atom is 0.358 e. The number of aryl methyl sites for hydroxylation is 3. The zero-order valence-electron chi connectivity index (χ0n) is 19.5. The third kappa shape index (κ3) is 4.75. The summed E-state index contributed by atoms with van der Waals surface area (Å²) in [6.07, 6.45) is 4.84. The first kappa shape index (κ1) is 21.8. The van der Waals surface area contributed by atoms with Gasteiger partial charge in [-0.15, -0.1) is 0 Å². The van der Waals surface area contributed by atoms with Crippen molar-refractivity contribution in [1.29, 1.82) is 0 Å². The summed E-state index contributed by atoms with van der Waals surface area (Å²) in [4.78, 5) is 17.6. The van der Waals surface area contributed by atoms with E-state index >= 15 is 0 Å². The van der Waals surface area contributed by atoms with Crippen molar-refractivity contribution in [3.63, 3.8) is 0 Å². The van der Waals surface area contributed by atoms with E-state index in [0.717, 1.165) is 35.4 Å². The number of fused-ring (bicyclic) bond motifs is 1. The van der Waals surface area contributed by atoms with E-state index in [9.17, 15) is 4.79 Å². The number of benzene rings is 2. The van der Waals surface area contributed by atoms with Crippen molar-refractivity contribution in [2.75, 3.05) is 0 Å². The fourth-order valence-electron chi connectivity index (χ4n) is 4.56. The Hall–Kier alpha value is -3.40. The molecule has 0 bridgehead atoms. The van der Waals surface area contributed by atoms with Gasteiger partial charge in [0.15, 0.2) is 0 Å². The van der Waals surface area contributed by atoms with E-state index in [1.165, 1.54) is 28.6 Å². The minimum atomic E-state index is -0.475. The number of hydrogen-bond acceptors (Lipinski definition) is 3. The standard InChI is InChI=1S/C28H30N2O2/c1-19-13-20(2)15-23(14-19)30-21(3)16-24-25(17-28(4,5)18-26(24)30)29-32-27(31)12-11-22-9-7-6-8-10-22/h6-16H,17-18H2,1-5H3/b12-11+,29-25+. The molecule has 3 aromatic rings. The lowest BCUT2D eigenvalue weighted by molar-refractivity contribution is -0.137. The lowest BCUT2D eigenvalue weighted by Gasteiger charge is -2.31. The Labute approximate surface area is 190 Å². The Balaban J connectivity index is 1.66. The molecule has 1 aromatic heterocycles. The highest BCUT2D eigenvalue weighted by atomic mass is 16.7. The maximum absolute atomic E-state index is 12.3. The molecular formula is C28H30N2O2. The van der Waals surface area contributed by atoms with E-state index in [4.69, 9.17) is 4.84 Å². The van der Waals surface area contributed by atoms with E-state index in [2.05, 4.69) is 68.6 Å². The molecule has 1 heterocycles. The van der Waals surface area contributed by atoms with Gasteiger partial charge < -0.3 is 9.40 Å². The van der Waals surface area contributed by atoms with Gasteiger partial charge in [0.2, 0.25) is 0 Å². The Kier molecular flexibility index (Phi) is 5.88. The molecular weight excluding hydrogens is 396 g/mol. The molecule has 2 aromatic carbocycles. The van der Waals surface area contributed by atoms with Crippen LogP contribution in [0.5, 0.6) is 0 Å². The third-order valence-corrected chi connectivity index (χ3v) is 5.81. The van der Waals surface area contributed by atoms with Crippen LogP contribution in [0.1, 0.15) is 53.9 Å². The van der Waals surface area contributed by atoms with E-state index in [1.807, 2.05) is 30.3 Å². The van der Waals surface area contributed by atoms with Gasteiger partial charge in [-0.1, -0.05) is 55.4 Å². The summed E-state index contributed by atoms with van der Waals surface area (Å²) in [6.45, 7) is 10.8. The number of nitrogens with zero attached hydrogens (tertiary/aromatic N) is 2. The normalized spacial score (nSPS) is 16.3. The molecule has 0 unspecified atom stereocenters. The Morgan fingerprint density at radius 2 is 1.69 bits per heavy atom. The molecule has 0 radical (unpaired) electrons. The van der Waals surface area contributed by atoms with Gasteiger partial charge in [-0.3, -0.25) is 0 Å². The van der Waals surface area contributed by atoms with Crippen LogP contribution in [0.4, 0.5) is 0 Å². The molecule has 0 atom stereocenters. The molecule has 1 aliphatic rings. The highest BCUT2D eigenvalue weighted by Gasteiger charge is 2.33. The molecule has 0 saturated carbocycles. The quantitative estimate of drug-likeness (QED) is 0.278. The number of carbonyl (C=O) groups excluding carboxylic acids is 1. The molecule has 164 valence electrons. The summed E-state index contributed by atoms with van der Waals surface area (Å²) in [7, 11) is 0. The van der Waals surface area contributed by atoms with Crippen molar-refractivity contribution >= 4 is 17.8 Å². The molecule has 4 nitrogen and oxygen atoms in total. The first-order valence-corrected chi connectivity index (χ1v) is 11.0. The van der Waals surface area contributed by atoms with Gasteiger partial charge in [-0.2, -0.15) is 0 Å². The van der Waals surface area contributed by atoms with Crippen LogP contribution < -0.4 is 0 Å². The molecule has 4 rings (SSSR count). The van der Waals surface area contributed by atoms with Crippen LogP contribution in [0.15, 0.2) is 65.8 Å². The summed E-state index contributed by atoms with van der Waals surface area (Å²) in [5.41, 5.74) is 8.87. The monoisotopic (exact) mass is 426 g/mol. The summed E-state index contributed by atoms with van der Waals surface area (Å²) in [5.74, 6) is -0.475. The summed E-state index contributed by atoms with van der Waals surface area (Å²) < 4.78 is 2.32. The van der Waals surface area contributed by atoms with Crippen LogP contribution in [0.25, 0.3) is 11.8 Å². The summed E-state index contributed by atoms with van der Waals surface area (Å²) >= 11 is 0. The van der Waals surface area contributed by atoms with Crippen molar-refractivity contribution in [1.82, 2.24) is 4.57 Å². The minimum absolute atomic E-state index is 0.0134. The number of hydrogen-bond donors (Lipinski definition) is 0. The van der Waals surface area contributed by atoms with Gasteiger partial charge in [0.05, 0.1) is 5.71 Å². The van der Waals surface area contributed by atoms with E-state index in [0.29, 0.717) is 0 Å². The molecule has 4 heteroatoms. The SMILES string of the molecule is Cc1cc(C)cc(-n2c(C)cc3c2CC(C)(C)C/C3=N\OC(=O)/C=C/c2ccccc2)c1. The molecule has 0 aliphatic heterocycles. The highest BCUT2D eigenvalue weighted by molar-refractivity contribution is 6.03. The first-order valence-electron chi connectivity index (χ1n) is 11.0. The average Bonchev–Trinajstić information content (AvgIpc) is 3.05. The molecule has 1 aliphatic carbocycles. The highest BCUT2D eigenvalue weighted by Crippen LogP contribution is 2.38. The Bertz CT molecular complexity index is 1190. The predicted octanol–water partition coefficient (Wildman–Crippen LogP) is 6.34. The van der Waals surface area contributed by atoms with Gasteiger partial charge in [-0.05, 0) is 80.0 Å². The van der Waals surface area contributed by atoms with Crippen molar-refractivity contribution in [3.05, 3.63) is 94.3 Å². The van der Waals surface area contributed by atoms with Crippen LogP contribution >= 0.6 is 0 Å². The van der Waals surface area contributed by atoms with Gasteiger partial charge in [0, 0.05) is 28.7 Å². The number of oxime groups is 1. The molecule has 0 fully saturated rings.